The second-order valence-corrected chi connectivity index (χ2v) is 7.74. The van der Waals surface area contributed by atoms with E-state index in [-0.39, 0.29) is 11.9 Å². The Morgan fingerprint density at radius 3 is 2.47 bits per heavy atom. The molecule has 160 valence electrons. The summed E-state index contributed by atoms with van der Waals surface area (Å²) >= 11 is 0. The van der Waals surface area contributed by atoms with Crippen LogP contribution in [0.4, 0.5) is 0 Å². The van der Waals surface area contributed by atoms with Crippen LogP contribution in [0, 0.1) is 0 Å². The third kappa shape index (κ3) is 4.86. The summed E-state index contributed by atoms with van der Waals surface area (Å²) in [6.45, 7) is 7.31. The van der Waals surface area contributed by atoms with Gasteiger partial charge in [0.05, 0.1) is 13.2 Å². The standard InChI is InChI=1S/C23H29N3O4/c1-17(23(27)24-14-18-3-6-20(28-2)7-4-18)26-11-9-25(10-12-26)15-19-5-8-21-22(13-19)30-16-29-21/h3-8,13,17H,9-12,14-16H2,1-2H3,(H,24,27)/t17-/m0/s1. The Balaban J connectivity index is 1.22. The first-order valence-electron chi connectivity index (χ1n) is 10.4. The number of benzene rings is 2. The number of ether oxygens (including phenoxy) is 3. The molecular formula is C23H29N3O4. The lowest BCUT2D eigenvalue weighted by molar-refractivity contribution is -0.126. The number of piperazine rings is 1. The summed E-state index contributed by atoms with van der Waals surface area (Å²) in [6, 6.07) is 13.7. The number of nitrogens with zero attached hydrogens (tertiary/aromatic N) is 2. The van der Waals surface area contributed by atoms with Crippen LogP contribution in [-0.2, 0) is 17.9 Å². The molecule has 0 aliphatic carbocycles. The summed E-state index contributed by atoms with van der Waals surface area (Å²) in [7, 11) is 1.65. The molecule has 4 rings (SSSR count). The first kappa shape index (κ1) is 20.5. The highest BCUT2D eigenvalue weighted by Crippen LogP contribution is 2.32. The summed E-state index contributed by atoms with van der Waals surface area (Å²) in [5.74, 6) is 2.53. The van der Waals surface area contributed by atoms with E-state index in [4.69, 9.17) is 14.2 Å². The van der Waals surface area contributed by atoms with Gasteiger partial charge >= 0.3 is 0 Å². The van der Waals surface area contributed by atoms with Crippen LogP contribution < -0.4 is 19.5 Å². The molecule has 7 heteroatoms. The number of hydrogen-bond donors (Lipinski definition) is 1. The average molecular weight is 412 g/mol. The van der Waals surface area contributed by atoms with Crippen LogP contribution in [0.3, 0.4) is 0 Å². The highest BCUT2D eigenvalue weighted by Gasteiger charge is 2.25. The lowest BCUT2D eigenvalue weighted by Gasteiger charge is -2.37. The molecule has 2 aliphatic heterocycles. The lowest BCUT2D eigenvalue weighted by atomic mass is 10.1. The second-order valence-electron chi connectivity index (χ2n) is 7.74. The van der Waals surface area contributed by atoms with Gasteiger partial charge in [0, 0.05) is 39.3 Å². The molecule has 0 unspecified atom stereocenters. The Bertz CT molecular complexity index is 863. The van der Waals surface area contributed by atoms with Gasteiger partial charge in [0.15, 0.2) is 11.5 Å². The van der Waals surface area contributed by atoms with E-state index in [1.165, 1.54) is 5.56 Å². The minimum atomic E-state index is -0.143. The normalized spacial score (nSPS) is 17.5. The third-order valence-corrected chi connectivity index (χ3v) is 5.80. The van der Waals surface area contributed by atoms with E-state index in [0.29, 0.717) is 13.3 Å². The minimum absolute atomic E-state index is 0.0649. The molecule has 2 aliphatic rings. The van der Waals surface area contributed by atoms with E-state index in [1.807, 2.05) is 37.3 Å². The van der Waals surface area contributed by atoms with Gasteiger partial charge in [-0.15, -0.1) is 0 Å². The number of amides is 1. The van der Waals surface area contributed by atoms with Crippen molar-refractivity contribution in [1.29, 1.82) is 0 Å². The minimum Gasteiger partial charge on any atom is -0.497 e. The zero-order chi connectivity index (χ0) is 20.9. The molecule has 1 fully saturated rings. The van der Waals surface area contributed by atoms with E-state index in [1.54, 1.807) is 7.11 Å². The van der Waals surface area contributed by atoms with E-state index in [9.17, 15) is 4.79 Å². The van der Waals surface area contributed by atoms with Crippen molar-refractivity contribution in [2.75, 3.05) is 40.1 Å². The van der Waals surface area contributed by atoms with Gasteiger partial charge < -0.3 is 19.5 Å². The van der Waals surface area contributed by atoms with E-state index >= 15 is 0 Å². The van der Waals surface area contributed by atoms with Crippen LogP contribution in [0.1, 0.15) is 18.1 Å². The predicted octanol–water partition coefficient (Wildman–Crippen LogP) is 2.25. The molecule has 2 heterocycles. The highest BCUT2D eigenvalue weighted by molar-refractivity contribution is 5.81. The highest BCUT2D eigenvalue weighted by atomic mass is 16.7. The molecule has 2 aromatic rings. The van der Waals surface area contributed by atoms with Crippen molar-refractivity contribution in [1.82, 2.24) is 15.1 Å². The number of carbonyl (C=O) groups excluding carboxylic acids is 1. The van der Waals surface area contributed by atoms with E-state index in [2.05, 4.69) is 27.2 Å². The van der Waals surface area contributed by atoms with Crippen LogP contribution in [0.5, 0.6) is 17.2 Å². The maximum Gasteiger partial charge on any atom is 0.237 e. The van der Waals surface area contributed by atoms with Crippen molar-refractivity contribution in [3.05, 3.63) is 53.6 Å². The number of hydrogen-bond acceptors (Lipinski definition) is 6. The molecule has 2 aromatic carbocycles. The fourth-order valence-corrected chi connectivity index (χ4v) is 3.85. The Hall–Kier alpha value is -2.77. The summed E-state index contributed by atoms with van der Waals surface area (Å²) < 4.78 is 16.0. The van der Waals surface area contributed by atoms with Gasteiger partial charge in [-0.3, -0.25) is 14.6 Å². The summed E-state index contributed by atoms with van der Waals surface area (Å²) in [5, 5.41) is 3.05. The Morgan fingerprint density at radius 2 is 1.73 bits per heavy atom. The smallest absolute Gasteiger partial charge is 0.237 e. The summed E-state index contributed by atoms with van der Waals surface area (Å²) in [4.78, 5) is 17.3. The Labute approximate surface area is 177 Å². The van der Waals surface area contributed by atoms with Gasteiger partial charge in [0.25, 0.3) is 0 Å². The van der Waals surface area contributed by atoms with Crippen molar-refractivity contribution in [3.63, 3.8) is 0 Å². The van der Waals surface area contributed by atoms with Gasteiger partial charge in [-0.1, -0.05) is 18.2 Å². The topological polar surface area (TPSA) is 63.3 Å². The summed E-state index contributed by atoms with van der Waals surface area (Å²) in [5.41, 5.74) is 2.28. The maximum atomic E-state index is 12.6. The van der Waals surface area contributed by atoms with Crippen molar-refractivity contribution in [2.45, 2.75) is 26.1 Å². The van der Waals surface area contributed by atoms with Gasteiger partial charge in [-0.25, -0.2) is 0 Å². The molecule has 1 amide bonds. The van der Waals surface area contributed by atoms with Gasteiger partial charge in [0.2, 0.25) is 12.7 Å². The fourth-order valence-electron chi connectivity index (χ4n) is 3.85. The van der Waals surface area contributed by atoms with Crippen LogP contribution in [0.25, 0.3) is 0 Å². The molecule has 7 nitrogen and oxygen atoms in total. The number of methoxy groups -OCH3 is 1. The van der Waals surface area contributed by atoms with Gasteiger partial charge in [0.1, 0.15) is 5.75 Å². The lowest BCUT2D eigenvalue weighted by Crippen LogP contribution is -2.53. The molecule has 30 heavy (non-hydrogen) atoms. The SMILES string of the molecule is COc1ccc(CNC(=O)[C@H](C)N2CCN(Cc3ccc4c(c3)OCO4)CC2)cc1. The van der Waals surface area contributed by atoms with Crippen LogP contribution in [0.2, 0.25) is 0 Å². The monoisotopic (exact) mass is 411 g/mol. The van der Waals surface area contributed by atoms with Gasteiger partial charge in [-0.05, 0) is 42.3 Å². The first-order chi connectivity index (χ1) is 14.6. The molecule has 1 N–H and O–H groups in total. The van der Waals surface area contributed by atoms with Crippen LogP contribution in [-0.4, -0.2) is 61.8 Å². The quantitative estimate of drug-likeness (QED) is 0.754. The second kappa shape index (κ2) is 9.36. The van der Waals surface area contributed by atoms with Gasteiger partial charge in [-0.2, -0.15) is 0 Å². The fraction of sp³-hybridized carbons (Fsp3) is 0.435. The summed E-state index contributed by atoms with van der Waals surface area (Å²) in [6.07, 6.45) is 0. The number of rotatable bonds is 7. The predicted molar refractivity (Wildman–Crippen MR) is 114 cm³/mol. The zero-order valence-corrected chi connectivity index (χ0v) is 17.6. The number of nitrogens with one attached hydrogen (secondary N) is 1. The molecule has 0 spiro atoms. The molecule has 0 saturated carbocycles. The largest absolute Gasteiger partial charge is 0.497 e. The van der Waals surface area contributed by atoms with Crippen molar-refractivity contribution < 1.29 is 19.0 Å². The first-order valence-corrected chi connectivity index (χ1v) is 10.4. The van der Waals surface area contributed by atoms with E-state index < -0.39 is 0 Å². The molecule has 0 bridgehead atoms. The molecule has 0 aromatic heterocycles. The molecule has 0 radical (unpaired) electrons. The van der Waals surface area contributed by atoms with Crippen LogP contribution in [0.15, 0.2) is 42.5 Å². The van der Waals surface area contributed by atoms with Crippen molar-refractivity contribution in [2.24, 2.45) is 0 Å². The third-order valence-electron chi connectivity index (χ3n) is 5.80. The zero-order valence-electron chi connectivity index (χ0n) is 17.6. The number of carbonyl (C=O) groups is 1. The number of fused-ring (bicyclic) bond motifs is 1. The molecule has 1 saturated heterocycles. The Morgan fingerprint density at radius 1 is 1.03 bits per heavy atom. The maximum absolute atomic E-state index is 12.6. The molecule has 1 atom stereocenters. The average Bonchev–Trinajstić information content (AvgIpc) is 3.26. The molecular weight excluding hydrogens is 382 g/mol. The Kier molecular flexibility index (Phi) is 6.40. The van der Waals surface area contributed by atoms with Crippen molar-refractivity contribution in [3.8, 4) is 17.2 Å². The van der Waals surface area contributed by atoms with Crippen molar-refractivity contribution >= 4 is 5.91 Å². The van der Waals surface area contributed by atoms with E-state index in [0.717, 1.165) is 55.5 Å². The van der Waals surface area contributed by atoms with Crippen LogP contribution >= 0.6 is 0 Å².